The minimum atomic E-state index is -1.10. The van der Waals surface area contributed by atoms with Gasteiger partial charge in [-0.2, -0.15) is 15.8 Å². The maximum Gasteiger partial charge on any atom is 0.168 e. The van der Waals surface area contributed by atoms with E-state index in [9.17, 15) is 8.78 Å². The van der Waals surface area contributed by atoms with Gasteiger partial charge in [-0.25, -0.2) is 8.78 Å². The van der Waals surface area contributed by atoms with Crippen LogP contribution in [0.3, 0.4) is 0 Å². The Labute approximate surface area is 109 Å². The van der Waals surface area contributed by atoms with Crippen LogP contribution >= 0.6 is 15.9 Å². The average molecular weight is 309 g/mol. The molecule has 1 rings (SSSR count). The van der Waals surface area contributed by atoms with Gasteiger partial charge < -0.3 is 5.32 Å². The summed E-state index contributed by atoms with van der Waals surface area (Å²) in [7, 11) is 0. The molecule has 0 aromatic heterocycles. The van der Waals surface area contributed by atoms with E-state index in [1.165, 1.54) is 6.07 Å². The summed E-state index contributed by atoms with van der Waals surface area (Å²) < 4.78 is 26.9. The van der Waals surface area contributed by atoms with E-state index in [2.05, 4.69) is 21.2 Å². The highest BCUT2D eigenvalue weighted by Crippen LogP contribution is 2.30. The number of nitriles is 3. The quantitative estimate of drug-likeness (QED) is 0.851. The first-order valence-electron chi connectivity index (χ1n) is 4.39. The van der Waals surface area contributed by atoms with E-state index in [1.807, 2.05) is 0 Å². The molecule has 4 nitrogen and oxygen atoms in total. The maximum absolute atomic E-state index is 13.7. The molecule has 0 bridgehead atoms. The lowest BCUT2D eigenvalue weighted by molar-refractivity contribution is 0.578. The van der Waals surface area contributed by atoms with Crippen molar-refractivity contribution >= 4 is 21.6 Å². The minimum absolute atomic E-state index is 0.0305. The fraction of sp³-hybridized carbons (Fsp3) is 0. The van der Waals surface area contributed by atoms with Gasteiger partial charge in [0.15, 0.2) is 5.82 Å². The molecule has 1 N–H and O–H groups in total. The first-order chi connectivity index (χ1) is 8.54. The van der Waals surface area contributed by atoms with E-state index in [4.69, 9.17) is 15.8 Å². The molecule has 0 amide bonds. The Bertz CT molecular complexity index is 631. The van der Waals surface area contributed by atoms with E-state index in [-0.39, 0.29) is 15.7 Å². The van der Waals surface area contributed by atoms with Crippen LogP contribution < -0.4 is 5.32 Å². The number of rotatable bonds is 2. The number of hydrogen-bond acceptors (Lipinski definition) is 4. The molecule has 7 heteroatoms. The Morgan fingerprint density at radius 3 is 2.39 bits per heavy atom. The Morgan fingerprint density at radius 2 is 1.89 bits per heavy atom. The largest absolute Gasteiger partial charge is 0.356 e. The first kappa shape index (κ1) is 13.6. The van der Waals surface area contributed by atoms with Crippen LogP contribution in [0.4, 0.5) is 14.5 Å². The van der Waals surface area contributed by atoms with Crippen molar-refractivity contribution in [3.8, 4) is 18.2 Å². The molecule has 0 radical (unpaired) electrons. The molecule has 0 saturated carbocycles. The van der Waals surface area contributed by atoms with Crippen LogP contribution in [0, 0.1) is 45.6 Å². The van der Waals surface area contributed by atoms with Gasteiger partial charge in [-0.1, -0.05) is 0 Å². The topological polar surface area (TPSA) is 83.4 Å². The fourth-order valence-electron chi connectivity index (χ4n) is 1.06. The van der Waals surface area contributed by atoms with Crippen LogP contribution in [0.5, 0.6) is 0 Å². The standard InChI is InChI=1S/C11H3BrF2N4/c12-8-1-9(13)7(4-17)10(14)11(8)18-5-6(2-15)3-16/h1,5,18H. The van der Waals surface area contributed by atoms with Gasteiger partial charge in [0, 0.05) is 10.7 Å². The molecule has 1 aromatic rings. The highest BCUT2D eigenvalue weighted by Gasteiger charge is 2.16. The molecule has 0 aliphatic rings. The molecule has 0 aliphatic heterocycles. The SMILES string of the molecule is N#CC(C#N)=CNc1c(Br)cc(F)c(C#N)c1F. The number of nitrogens with one attached hydrogen (secondary N) is 1. The summed E-state index contributed by atoms with van der Waals surface area (Å²) in [5.41, 5.74) is -1.26. The molecular formula is C11H3BrF2N4. The van der Waals surface area contributed by atoms with Crippen molar-refractivity contribution in [2.75, 3.05) is 5.32 Å². The van der Waals surface area contributed by atoms with Crippen molar-refractivity contribution in [2.45, 2.75) is 0 Å². The second kappa shape index (κ2) is 5.77. The molecular weight excluding hydrogens is 306 g/mol. The summed E-state index contributed by atoms with van der Waals surface area (Å²) in [4.78, 5) is 0. The summed E-state index contributed by atoms with van der Waals surface area (Å²) in [5.74, 6) is -2.10. The minimum Gasteiger partial charge on any atom is -0.356 e. The van der Waals surface area contributed by atoms with Crippen LogP contribution in [0.2, 0.25) is 0 Å². The maximum atomic E-state index is 13.7. The van der Waals surface area contributed by atoms with Crippen molar-refractivity contribution in [3.63, 3.8) is 0 Å². The summed E-state index contributed by atoms with van der Waals surface area (Å²) in [6.45, 7) is 0. The monoisotopic (exact) mass is 308 g/mol. The average Bonchev–Trinajstić information content (AvgIpc) is 2.34. The normalized spacial score (nSPS) is 8.67. The van der Waals surface area contributed by atoms with E-state index in [1.54, 1.807) is 12.1 Å². The summed E-state index contributed by atoms with van der Waals surface area (Å²) in [6, 6.07) is 5.42. The Hall–Kier alpha value is -2.43. The second-order valence-electron chi connectivity index (χ2n) is 2.94. The zero-order valence-corrected chi connectivity index (χ0v) is 10.2. The Balaban J connectivity index is 3.29. The predicted molar refractivity (Wildman–Crippen MR) is 61.7 cm³/mol. The van der Waals surface area contributed by atoms with Crippen molar-refractivity contribution in [1.82, 2.24) is 0 Å². The highest BCUT2D eigenvalue weighted by molar-refractivity contribution is 9.10. The smallest absolute Gasteiger partial charge is 0.168 e. The lowest BCUT2D eigenvalue weighted by Gasteiger charge is -2.07. The van der Waals surface area contributed by atoms with Crippen LogP contribution in [-0.2, 0) is 0 Å². The molecule has 88 valence electrons. The number of anilines is 1. The van der Waals surface area contributed by atoms with Gasteiger partial charge in [-0.3, -0.25) is 0 Å². The zero-order valence-electron chi connectivity index (χ0n) is 8.63. The second-order valence-corrected chi connectivity index (χ2v) is 3.80. The molecule has 18 heavy (non-hydrogen) atoms. The van der Waals surface area contributed by atoms with Gasteiger partial charge in [0.05, 0.1) is 5.69 Å². The molecule has 1 aromatic carbocycles. The third-order valence-corrected chi connectivity index (χ3v) is 2.51. The first-order valence-corrected chi connectivity index (χ1v) is 5.19. The lowest BCUT2D eigenvalue weighted by Crippen LogP contribution is -2.00. The number of hydrogen-bond donors (Lipinski definition) is 1. The molecule has 0 atom stereocenters. The van der Waals surface area contributed by atoms with Crippen molar-refractivity contribution < 1.29 is 8.78 Å². The van der Waals surface area contributed by atoms with Crippen molar-refractivity contribution in [1.29, 1.82) is 15.8 Å². The number of halogens is 3. The Kier molecular flexibility index (Phi) is 4.37. The van der Waals surface area contributed by atoms with Crippen LogP contribution in [0.25, 0.3) is 0 Å². The van der Waals surface area contributed by atoms with Crippen LogP contribution in [0.1, 0.15) is 5.56 Å². The van der Waals surface area contributed by atoms with E-state index in [0.29, 0.717) is 0 Å². The molecule has 0 aliphatic carbocycles. The van der Waals surface area contributed by atoms with E-state index < -0.39 is 17.2 Å². The molecule has 0 heterocycles. The third-order valence-electron chi connectivity index (χ3n) is 1.88. The summed E-state index contributed by atoms with van der Waals surface area (Å²) in [6.07, 6.45) is 0.961. The number of nitrogens with zero attached hydrogens (tertiary/aromatic N) is 3. The molecule has 0 saturated heterocycles. The predicted octanol–water partition coefficient (Wildman–Crippen LogP) is 2.94. The van der Waals surface area contributed by atoms with E-state index in [0.717, 1.165) is 12.3 Å². The molecule has 0 unspecified atom stereocenters. The van der Waals surface area contributed by atoms with Gasteiger partial charge in [0.1, 0.15) is 35.2 Å². The fourth-order valence-corrected chi connectivity index (χ4v) is 1.55. The third kappa shape index (κ3) is 2.63. The van der Waals surface area contributed by atoms with Crippen LogP contribution in [0.15, 0.2) is 22.3 Å². The van der Waals surface area contributed by atoms with Gasteiger partial charge >= 0.3 is 0 Å². The number of allylic oxidation sites excluding steroid dienone is 1. The molecule has 0 fully saturated rings. The molecule has 0 spiro atoms. The summed E-state index contributed by atoms with van der Waals surface area (Å²) in [5, 5.41) is 27.9. The zero-order chi connectivity index (χ0) is 13.7. The Morgan fingerprint density at radius 1 is 1.28 bits per heavy atom. The van der Waals surface area contributed by atoms with Gasteiger partial charge in [0.25, 0.3) is 0 Å². The van der Waals surface area contributed by atoms with Crippen LogP contribution in [-0.4, -0.2) is 0 Å². The van der Waals surface area contributed by atoms with E-state index >= 15 is 0 Å². The van der Waals surface area contributed by atoms with Gasteiger partial charge in [-0.05, 0) is 22.0 Å². The highest BCUT2D eigenvalue weighted by atomic mass is 79.9. The van der Waals surface area contributed by atoms with Crippen molar-refractivity contribution in [3.05, 3.63) is 39.5 Å². The van der Waals surface area contributed by atoms with Gasteiger partial charge in [-0.15, -0.1) is 0 Å². The van der Waals surface area contributed by atoms with Gasteiger partial charge in [0.2, 0.25) is 0 Å². The van der Waals surface area contributed by atoms with Crippen molar-refractivity contribution in [2.24, 2.45) is 0 Å². The number of benzene rings is 1. The summed E-state index contributed by atoms with van der Waals surface area (Å²) >= 11 is 2.91. The lowest BCUT2D eigenvalue weighted by atomic mass is 10.2.